The van der Waals surface area contributed by atoms with Gasteiger partial charge in [-0.25, -0.2) is 4.98 Å². The summed E-state index contributed by atoms with van der Waals surface area (Å²) in [5.74, 6) is 0.00694. The quantitative estimate of drug-likeness (QED) is 0.723. The molecule has 7 heteroatoms. The topological polar surface area (TPSA) is 57.3 Å². The third-order valence-electron chi connectivity index (χ3n) is 4.26. The van der Waals surface area contributed by atoms with Crippen molar-refractivity contribution in [3.8, 4) is 9.88 Å². The molecule has 1 aliphatic rings. The number of benzene rings is 1. The Hall–Kier alpha value is -1.80. The number of rotatable bonds is 5. The molecule has 130 valence electrons. The summed E-state index contributed by atoms with van der Waals surface area (Å²) in [5, 5.41) is 7.34. The fourth-order valence-corrected chi connectivity index (χ4v) is 4.84. The lowest BCUT2D eigenvalue weighted by molar-refractivity contribution is 0.0951. The van der Waals surface area contributed by atoms with Crippen molar-refractivity contribution in [1.29, 1.82) is 0 Å². The second kappa shape index (κ2) is 7.61. The van der Waals surface area contributed by atoms with E-state index in [0.29, 0.717) is 6.54 Å². The van der Waals surface area contributed by atoms with Crippen molar-refractivity contribution in [2.75, 3.05) is 39.3 Å². The molecule has 5 nitrogen and oxygen atoms in total. The third kappa shape index (κ3) is 3.90. The number of thiophene rings is 1. The lowest BCUT2D eigenvalue weighted by Crippen LogP contribution is -2.46. The predicted octanol–water partition coefficient (Wildman–Crippen LogP) is 2.66. The van der Waals surface area contributed by atoms with Gasteiger partial charge in [-0.15, -0.1) is 22.7 Å². The predicted molar refractivity (Wildman–Crippen MR) is 105 cm³/mol. The van der Waals surface area contributed by atoms with E-state index in [0.717, 1.165) is 53.0 Å². The highest BCUT2D eigenvalue weighted by Gasteiger charge is 2.14. The van der Waals surface area contributed by atoms with E-state index in [1.54, 1.807) is 11.3 Å². The molecule has 1 aromatic carbocycles. The Morgan fingerprint density at radius 3 is 2.84 bits per heavy atom. The summed E-state index contributed by atoms with van der Waals surface area (Å²) in [4.78, 5) is 21.2. The number of aromatic nitrogens is 1. The van der Waals surface area contributed by atoms with Crippen LogP contribution in [0.5, 0.6) is 0 Å². The van der Waals surface area contributed by atoms with Gasteiger partial charge in [0.15, 0.2) is 0 Å². The van der Waals surface area contributed by atoms with Gasteiger partial charge < -0.3 is 10.6 Å². The van der Waals surface area contributed by atoms with Crippen molar-refractivity contribution >= 4 is 38.8 Å². The van der Waals surface area contributed by atoms with Gasteiger partial charge in [-0.2, -0.15) is 0 Å². The van der Waals surface area contributed by atoms with Crippen LogP contribution in [0.4, 0.5) is 0 Å². The summed E-state index contributed by atoms with van der Waals surface area (Å²) in [6.45, 7) is 5.76. The number of carbonyl (C=O) groups is 1. The van der Waals surface area contributed by atoms with Crippen LogP contribution in [0.15, 0.2) is 36.4 Å². The van der Waals surface area contributed by atoms with Crippen molar-refractivity contribution in [3.05, 3.63) is 41.3 Å². The molecule has 0 aliphatic carbocycles. The molecule has 3 aromatic rings. The van der Waals surface area contributed by atoms with Gasteiger partial charge >= 0.3 is 0 Å². The van der Waals surface area contributed by atoms with Gasteiger partial charge in [0.05, 0.1) is 20.0 Å². The first-order chi connectivity index (χ1) is 12.3. The summed E-state index contributed by atoms with van der Waals surface area (Å²) >= 11 is 3.17. The highest BCUT2D eigenvalue weighted by atomic mass is 32.1. The number of hydrogen-bond acceptors (Lipinski definition) is 6. The number of thiazole rings is 1. The van der Waals surface area contributed by atoms with Crippen molar-refractivity contribution in [2.24, 2.45) is 0 Å². The Labute approximate surface area is 154 Å². The second-order valence-corrected chi connectivity index (χ2v) is 8.11. The maximum Gasteiger partial charge on any atom is 0.261 e. The molecule has 0 atom stereocenters. The molecule has 25 heavy (non-hydrogen) atoms. The van der Waals surface area contributed by atoms with Crippen LogP contribution in [0, 0.1) is 0 Å². The van der Waals surface area contributed by atoms with Gasteiger partial charge in [0.1, 0.15) is 5.01 Å². The molecule has 0 radical (unpaired) electrons. The van der Waals surface area contributed by atoms with Crippen LogP contribution in [0.25, 0.3) is 20.1 Å². The highest BCUT2D eigenvalue weighted by Crippen LogP contribution is 2.34. The minimum atomic E-state index is 0.00694. The maximum absolute atomic E-state index is 12.4. The molecule has 4 rings (SSSR count). The van der Waals surface area contributed by atoms with Gasteiger partial charge in [0.2, 0.25) is 0 Å². The smallest absolute Gasteiger partial charge is 0.261 e. The van der Waals surface area contributed by atoms with Crippen LogP contribution in [0.3, 0.4) is 0 Å². The number of nitrogens with zero attached hydrogens (tertiary/aromatic N) is 2. The van der Waals surface area contributed by atoms with Crippen molar-refractivity contribution in [2.45, 2.75) is 0 Å². The van der Waals surface area contributed by atoms with Gasteiger partial charge in [0, 0.05) is 39.3 Å². The average molecular weight is 373 g/mol. The number of piperazine rings is 1. The van der Waals surface area contributed by atoms with Crippen LogP contribution < -0.4 is 10.6 Å². The number of hydrogen-bond donors (Lipinski definition) is 2. The minimum absolute atomic E-state index is 0.00694. The zero-order valence-electron chi connectivity index (χ0n) is 13.8. The molecule has 1 amide bonds. The van der Waals surface area contributed by atoms with E-state index in [2.05, 4.69) is 26.6 Å². The molecule has 3 heterocycles. The molecule has 0 unspecified atom stereocenters. The monoisotopic (exact) mass is 372 g/mol. The van der Waals surface area contributed by atoms with Crippen molar-refractivity contribution < 1.29 is 4.79 Å². The van der Waals surface area contributed by atoms with Gasteiger partial charge in [-0.05, 0) is 24.3 Å². The van der Waals surface area contributed by atoms with Crippen LogP contribution in [-0.4, -0.2) is 55.1 Å². The fourth-order valence-electron chi connectivity index (χ4n) is 2.90. The SMILES string of the molecule is O=C(NCCN1CCNCC1)c1ccc(-c2nc3ccccc3s2)s1. The van der Waals surface area contributed by atoms with Crippen molar-refractivity contribution in [1.82, 2.24) is 20.5 Å². The Balaban J connectivity index is 1.37. The zero-order chi connectivity index (χ0) is 17.1. The summed E-state index contributed by atoms with van der Waals surface area (Å²) in [6, 6.07) is 12.0. The second-order valence-electron chi connectivity index (χ2n) is 6.00. The first-order valence-electron chi connectivity index (χ1n) is 8.47. The molecule has 2 aromatic heterocycles. The number of para-hydroxylation sites is 1. The van der Waals surface area contributed by atoms with Gasteiger partial charge in [-0.1, -0.05) is 12.1 Å². The molecule has 1 aliphatic heterocycles. The Morgan fingerprint density at radius 2 is 2.00 bits per heavy atom. The number of carbonyl (C=O) groups excluding carboxylic acids is 1. The molecule has 1 fully saturated rings. The largest absolute Gasteiger partial charge is 0.350 e. The summed E-state index contributed by atoms with van der Waals surface area (Å²) in [7, 11) is 0. The maximum atomic E-state index is 12.4. The summed E-state index contributed by atoms with van der Waals surface area (Å²) < 4.78 is 1.17. The molecule has 0 bridgehead atoms. The Morgan fingerprint density at radius 1 is 1.16 bits per heavy atom. The highest BCUT2D eigenvalue weighted by molar-refractivity contribution is 7.26. The zero-order valence-corrected chi connectivity index (χ0v) is 15.5. The summed E-state index contributed by atoms with van der Waals surface area (Å²) in [5.41, 5.74) is 1.01. The van der Waals surface area contributed by atoms with E-state index >= 15 is 0 Å². The van der Waals surface area contributed by atoms with E-state index in [9.17, 15) is 4.79 Å². The van der Waals surface area contributed by atoms with Crippen LogP contribution in [0.2, 0.25) is 0 Å². The lowest BCUT2D eigenvalue weighted by Gasteiger charge is -2.26. The fraction of sp³-hybridized carbons (Fsp3) is 0.333. The Kier molecular flexibility index (Phi) is 5.07. The van der Waals surface area contributed by atoms with Crippen LogP contribution in [-0.2, 0) is 0 Å². The molecule has 0 saturated carbocycles. The van der Waals surface area contributed by atoms with Crippen molar-refractivity contribution in [3.63, 3.8) is 0 Å². The first-order valence-corrected chi connectivity index (χ1v) is 10.1. The normalized spacial score (nSPS) is 15.5. The van der Waals surface area contributed by atoms with E-state index in [1.165, 1.54) is 16.0 Å². The Bertz CT molecular complexity index is 834. The summed E-state index contributed by atoms with van der Waals surface area (Å²) in [6.07, 6.45) is 0. The molecular weight excluding hydrogens is 352 g/mol. The van der Waals surface area contributed by atoms with E-state index in [4.69, 9.17) is 0 Å². The lowest BCUT2D eigenvalue weighted by atomic mass is 10.3. The van der Waals surface area contributed by atoms with Gasteiger partial charge in [0.25, 0.3) is 5.91 Å². The average Bonchev–Trinajstić information content (AvgIpc) is 3.29. The molecule has 0 spiro atoms. The number of nitrogens with one attached hydrogen (secondary N) is 2. The molecule has 2 N–H and O–H groups in total. The molecule has 1 saturated heterocycles. The minimum Gasteiger partial charge on any atom is -0.350 e. The third-order valence-corrected chi connectivity index (χ3v) is 6.55. The van der Waals surface area contributed by atoms with Crippen LogP contribution in [0.1, 0.15) is 9.67 Å². The standard InChI is InChI=1S/C18H20N4OS2/c23-17(20-9-12-22-10-7-19-8-11-22)15-5-6-16(24-15)18-21-13-3-1-2-4-14(13)25-18/h1-6,19H,7-12H2,(H,20,23). The first kappa shape index (κ1) is 16.7. The van der Waals surface area contributed by atoms with E-state index in [1.807, 2.05) is 30.3 Å². The number of amides is 1. The van der Waals surface area contributed by atoms with E-state index in [-0.39, 0.29) is 5.91 Å². The number of fused-ring (bicyclic) bond motifs is 1. The van der Waals surface area contributed by atoms with E-state index < -0.39 is 0 Å². The van der Waals surface area contributed by atoms with Crippen LogP contribution >= 0.6 is 22.7 Å². The van der Waals surface area contributed by atoms with Gasteiger partial charge in [-0.3, -0.25) is 9.69 Å². The molecular formula is C18H20N4OS2.